The zero-order chi connectivity index (χ0) is 18.5. The van der Waals surface area contributed by atoms with Crippen LogP contribution in [0.1, 0.15) is 17.2 Å². The smallest absolute Gasteiger partial charge is 0.165 e. The lowest BCUT2D eigenvalue weighted by Gasteiger charge is -2.35. The first-order chi connectivity index (χ1) is 13.3. The van der Waals surface area contributed by atoms with Crippen molar-refractivity contribution < 1.29 is 14.2 Å². The molecule has 1 unspecified atom stereocenters. The van der Waals surface area contributed by atoms with Crippen LogP contribution < -0.4 is 14.8 Å². The molecule has 1 atom stereocenters. The highest BCUT2D eigenvalue weighted by Crippen LogP contribution is 2.33. The molecular formula is C21H25ClN2O3. The van der Waals surface area contributed by atoms with Gasteiger partial charge in [-0.3, -0.25) is 4.90 Å². The summed E-state index contributed by atoms with van der Waals surface area (Å²) in [6.45, 7) is 6.22. The quantitative estimate of drug-likeness (QED) is 0.822. The van der Waals surface area contributed by atoms with Crippen LogP contribution in [0, 0.1) is 0 Å². The van der Waals surface area contributed by atoms with E-state index in [4.69, 9.17) is 25.8 Å². The number of benzene rings is 2. The lowest BCUT2D eigenvalue weighted by atomic mass is 10.0. The van der Waals surface area contributed by atoms with Gasteiger partial charge in [0, 0.05) is 42.8 Å². The third kappa shape index (κ3) is 4.55. The second-order valence-corrected chi connectivity index (χ2v) is 7.22. The molecule has 5 nitrogen and oxygen atoms in total. The lowest BCUT2D eigenvalue weighted by Crippen LogP contribution is -2.42. The van der Waals surface area contributed by atoms with Crippen molar-refractivity contribution in [3.05, 3.63) is 58.6 Å². The monoisotopic (exact) mass is 388 g/mol. The fraction of sp³-hybridized carbons (Fsp3) is 0.429. The number of ether oxygens (including phenoxy) is 3. The third-order valence-corrected chi connectivity index (χ3v) is 5.29. The largest absolute Gasteiger partial charge is 0.486 e. The number of halogens is 1. The molecule has 0 bridgehead atoms. The van der Waals surface area contributed by atoms with Crippen molar-refractivity contribution in [3.63, 3.8) is 0 Å². The molecule has 27 heavy (non-hydrogen) atoms. The Hall–Kier alpha value is -1.79. The van der Waals surface area contributed by atoms with Crippen molar-refractivity contribution >= 4 is 11.6 Å². The van der Waals surface area contributed by atoms with Crippen LogP contribution in [0.4, 0.5) is 0 Å². The first-order valence-electron chi connectivity index (χ1n) is 9.47. The number of hydrogen-bond acceptors (Lipinski definition) is 5. The van der Waals surface area contributed by atoms with E-state index in [1.54, 1.807) is 0 Å². The Kier molecular flexibility index (Phi) is 6.14. The normalized spacial score (nSPS) is 18.3. The minimum atomic E-state index is 0.280. The summed E-state index contributed by atoms with van der Waals surface area (Å²) in [5.74, 6) is 1.70. The number of rotatable bonds is 6. The van der Waals surface area contributed by atoms with Gasteiger partial charge < -0.3 is 19.5 Å². The van der Waals surface area contributed by atoms with E-state index in [0.717, 1.165) is 61.5 Å². The van der Waals surface area contributed by atoms with Crippen molar-refractivity contribution in [2.24, 2.45) is 0 Å². The summed E-state index contributed by atoms with van der Waals surface area (Å²) in [5, 5.41) is 4.38. The lowest BCUT2D eigenvalue weighted by molar-refractivity contribution is 0.0161. The van der Waals surface area contributed by atoms with Crippen LogP contribution in [-0.4, -0.2) is 51.0 Å². The Balaban J connectivity index is 1.45. The first-order valence-corrected chi connectivity index (χ1v) is 9.84. The van der Waals surface area contributed by atoms with Gasteiger partial charge in [0.2, 0.25) is 0 Å². The van der Waals surface area contributed by atoms with Gasteiger partial charge in [-0.05, 0) is 23.8 Å². The maximum absolute atomic E-state index is 6.08. The van der Waals surface area contributed by atoms with E-state index in [1.807, 2.05) is 24.3 Å². The number of morpholine rings is 1. The Morgan fingerprint density at radius 1 is 0.963 bits per heavy atom. The molecule has 2 aliphatic rings. The molecule has 1 N–H and O–H groups in total. The van der Waals surface area contributed by atoms with Gasteiger partial charge in [0.15, 0.2) is 11.5 Å². The molecule has 4 rings (SSSR count). The van der Waals surface area contributed by atoms with Gasteiger partial charge in [-0.1, -0.05) is 35.9 Å². The second-order valence-electron chi connectivity index (χ2n) is 6.79. The summed E-state index contributed by atoms with van der Waals surface area (Å²) in [6, 6.07) is 14.5. The number of nitrogens with zero attached hydrogens (tertiary/aromatic N) is 1. The molecule has 0 aromatic heterocycles. The van der Waals surface area contributed by atoms with Crippen molar-refractivity contribution in [2.75, 3.05) is 46.1 Å². The average molecular weight is 389 g/mol. The van der Waals surface area contributed by atoms with Crippen molar-refractivity contribution in [1.82, 2.24) is 10.2 Å². The molecule has 0 saturated carbocycles. The van der Waals surface area contributed by atoms with Gasteiger partial charge >= 0.3 is 0 Å². The molecule has 1 saturated heterocycles. The molecule has 144 valence electrons. The van der Waals surface area contributed by atoms with Crippen molar-refractivity contribution in [1.29, 1.82) is 0 Å². The molecule has 0 amide bonds. The fourth-order valence-electron chi connectivity index (χ4n) is 3.65. The van der Waals surface area contributed by atoms with Gasteiger partial charge in [-0.25, -0.2) is 0 Å². The third-order valence-electron chi connectivity index (χ3n) is 5.04. The Bertz CT molecular complexity index is 748. The highest BCUT2D eigenvalue weighted by Gasteiger charge is 2.23. The second kappa shape index (κ2) is 8.93. The molecule has 0 radical (unpaired) electrons. The minimum absolute atomic E-state index is 0.280. The minimum Gasteiger partial charge on any atom is -0.486 e. The van der Waals surface area contributed by atoms with Gasteiger partial charge in [0.25, 0.3) is 0 Å². The zero-order valence-electron chi connectivity index (χ0n) is 15.3. The van der Waals surface area contributed by atoms with Gasteiger partial charge in [-0.15, -0.1) is 0 Å². The van der Waals surface area contributed by atoms with Crippen LogP contribution >= 0.6 is 11.6 Å². The zero-order valence-corrected chi connectivity index (χ0v) is 16.1. The van der Waals surface area contributed by atoms with E-state index >= 15 is 0 Å². The SMILES string of the molecule is Clc1ccc(C(CNCc2cccc3c2OCCO3)N2CCOCC2)cc1. The molecule has 2 heterocycles. The topological polar surface area (TPSA) is 43.0 Å². The highest BCUT2D eigenvalue weighted by molar-refractivity contribution is 6.30. The molecule has 0 aliphatic carbocycles. The molecule has 6 heteroatoms. The van der Waals surface area contributed by atoms with Crippen LogP contribution in [0.15, 0.2) is 42.5 Å². The summed E-state index contributed by atoms with van der Waals surface area (Å²) >= 11 is 6.08. The van der Waals surface area contributed by atoms with E-state index in [0.29, 0.717) is 13.2 Å². The van der Waals surface area contributed by atoms with E-state index in [9.17, 15) is 0 Å². The Morgan fingerprint density at radius 2 is 1.74 bits per heavy atom. The summed E-state index contributed by atoms with van der Waals surface area (Å²) in [4.78, 5) is 2.47. The predicted octanol–water partition coefficient (Wildman–Crippen LogP) is 3.27. The molecule has 2 aromatic carbocycles. The van der Waals surface area contributed by atoms with Gasteiger partial charge in [-0.2, -0.15) is 0 Å². The number of hydrogen-bond donors (Lipinski definition) is 1. The average Bonchev–Trinajstić information content (AvgIpc) is 2.73. The number of fused-ring (bicyclic) bond motifs is 1. The van der Waals surface area contributed by atoms with Gasteiger partial charge in [0.05, 0.1) is 13.2 Å². The van der Waals surface area contributed by atoms with E-state index in [1.165, 1.54) is 5.56 Å². The van der Waals surface area contributed by atoms with Crippen LogP contribution in [0.3, 0.4) is 0 Å². The summed E-state index contributed by atoms with van der Waals surface area (Å²) in [6.07, 6.45) is 0. The maximum Gasteiger partial charge on any atom is 0.165 e. The fourth-order valence-corrected chi connectivity index (χ4v) is 3.77. The van der Waals surface area contributed by atoms with E-state index in [2.05, 4.69) is 28.4 Å². The van der Waals surface area contributed by atoms with E-state index in [-0.39, 0.29) is 6.04 Å². The molecule has 2 aromatic rings. The number of nitrogens with one attached hydrogen (secondary N) is 1. The Morgan fingerprint density at radius 3 is 2.56 bits per heavy atom. The summed E-state index contributed by atoms with van der Waals surface area (Å²) in [7, 11) is 0. The van der Waals surface area contributed by atoms with Crippen LogP contribution in [0.25, 0.3) is 0 Å². The highest BCUT2D eigenvalue weighted by atomic mass is 35.5. The van der Waals surface area contributed by atoms with Crippen LogP contribution in [-0.2, 0) is 11.3 Å². The molecular weight excluding hydrogens is 364 g/mol. The maximum atomic E-state index is 6.08. The van der Waals surface area contributed by atoms with E-state index < -0.39 is 0 Å². The predicted molar refractivity (Wildman–Crippen MR) is 106 cm³/mol. The van der Waals surface area contributed by atoms with Crippen molar-refractivity contribution in [3.8, 4) is 11.5 Å². The van der Waals surface area contributed by atoms with Crippen LogP contribution in [0.2, 0.25) is 5.02 Å². The molecule has 1 fully saturated rings. The number of para-hydroxylation sites is 1. The van der Waals surface area contributed by atoms with Crippen LogP contribution in [0.5, 0.6) is 11.5 Å². The van der Waals surface area contributed by atoms with Gasteiger partial charge in [0.1, 0.15) is 13.2 Å². The molecule has 2 aliphatic heterocycles. The summed E-state index contributed by atoms with van der Waals surface area (Å²) in [5.41, 5.74) is 2.40. The summed E-state index contributed by atoms with van der Waals surface area (Å²) < 4.78 is 17.0. The van der Waals surface area contributed by atoms with Crippen molar-refractivity contribution in [2.45, 2.75) is 12.6 Å². The standard InChI is InChI=1S/C21H25ClN2O3/c22-18-6-4-16(5-7-18)19(24-8-10-25-11-9-24)15-23-14-17-2-1-3-20-21(17)27-13-12-26-20/h1-7,19,23H,8-15H2. The molecule has 0 spiro atoms. The first kappa shape index (κ1) is 18.6. The Labute approximate surface area is 165 Å².